The van der Waals surface area contributed by atoms with Gasteiger partial charge in [0.1, 0.15) is 12.4 Å². The number of morpholine rings is 1. The van der Waals surface area contributed by atoms with Crippen molar-refractivity contribution < 1.29 is 14.3 Å². The van der Waals surface area contributed by atoms with E-state index in [4.69, 9.17) is 32.7 Å². The van der Waals surface area contributed by atoms with Crippen LogP contribution in [0.25, 0.3) is 10.2 Å². The van der Waals surface area contributed by atoms with Gasteiger partial charge in [0.15, 0.2) is 5.13 Å². The number of hydrogen-bond acceptors (Lipinski definition) is 6. The van der Waals surface area contributed by atoms with Crippen LogP contribution in [0.15, 0.2) is 36.4 Å². The molecule has 0 bridgehead atoms. The van der Waals surface area contributed by atoms with E-state index in [1.807, 2.05) is 18.2 Å². The Hall–Kier alpha value is -2.10. The quantitative estimate of drug-likeness (QED) is 0.429. The Morgan fingerprint density at radius 2 is 1.97 bits per heavy atom. The van der Waals surface area contributed by atoms with Gasteiger partial charge in [-0.25, -0.2) is 9.78 Å². The second-order valence-electron chi connectivity index (χ2n) is 7.33. The summed E-state index contributed by atoms with van der Waals surface area (Å²) >= 11 is 13.8. The molecule has 0 atom stereocenters. The van der Waals surface area contributed by atoms with Crippen molar-refractivity contribution in [2.24, 2.45) is 0 Å². The average molecular weight is 495 g/mol. The minimum Gasteiger partial charge on any atom is -0.489 e. The summed E-state index contributed by atoms with van der Waals surface area (Å²) in [5.41, 5.74) is 1.54. The van der Waals surface area contributed by atoms with Crippen LogP contribution in [0.4, 0.5) is 9.93 Å². The van der Waals surface area contributed by atoms with Gasteiger partial charge in [-0.1, -0.05) is 40.6 Å². The van der Waals surface area contributed by atoms with Crippen LogP contribution in [0, 0.1) is 0 Å². The zero-order valence-corrected chi connectivity index (χ0v) is 19.7. The van der Waals surface area contributed by atoms with E-state index in [1.165, 1.54) is 11.3 Å². The Morgan fingerprint density at radius 1 is 1.19 bits per heavy atom. The summed E-state index contributed by atoms with van der Waals surface area (Å²) < 4.78 is 12.1. The Balaban J connectivity index is 1.27. The van der Waals surface area contributed by atoms with Gasteiger partial charge >= 0.3 is 6.03 Å². The summed E-state index contributed by atoms with van der Waals surface area (Å²) in [5.74, 6) is 0.677. The molecule has 7 nitrogen and oxygen atoms in total. The molecule has 2 amide bonds. The minimum absolute atomic E-state index is 0.254. The van der Waals surface area contributed by atoms with Crippen LogP contribution in [0.5, 0.6) is 5.75 Å². The lowest BCUT2D eigenvalue weighted by Gasteiger charge is -2.26. The molecule has 1 aromatic heterocycles. The second-order valence-corrected chi connectivity index (χ2v) is 9.17. The van der Waals surface area contributed by atoms with Crippen molar-refractivity contribution in [2.75, 3.05) is 44.7 Å². The molecule has 4 rings (SSSR count). The van der Waals surface area contributed by atoms with Gasteiger partial charge in [-0.2, -0.15) is 0 Å². The number of anilines is 1. The number of rotatable bonds is 8. The van der Waals surface area contributed by atoms with E-state index in [9.17, 15) is 4.79 Å². The van der Waals surface area contributed by atoms with Crippen LogP contribution in [-0.2, 0) is 11.3 Å². The van der Waals surface area contributed by atoms with Gasteiger partial charge in [0.05, 0.1) is 23.4 Å². The van der Waals surface area contributed by atoms with Crippen molar-refractivity contribution in [3.8, 4) is 5.75 Å². The summed E-state index contributed by atoms with van der Waals surface area (Å²) in [7, 11) is 0. The highest BCUT2D eigenvalue weighted by atomic mass is 35.5. The molecule has 2 N–H and O–H groups in total. The molecule has 0 unspecified atom stereocenters. The SMILES string of the molecule is O=C(NCCCN1CCOCC1)Nc1nc2ccc(OCc3c(Cl)cccc3Cl)cc2s1. The lowest BCUT2D eigenvalue weighted by molar-refractivity contribution is 0.0375. The minimum atomic E-state index is -0.254. The molecule has 2 aromatic carbocycles. The first-order valence-electron chi connectivity index (χ1n) is 10.4. The maximum atomic E-state index is 12.2. The predicted octanol–water partition coefficient (Wildman–Crippen LogP) is 5.03. The number of carbonyl (C=O) groups is 1. The van der Waals surface area contributed by atoms with Crippen molar-refractivity contribution >= 4 is 55.9 Å². The van der Waals surface area contributed by atoms with Crippen LogP contribution < -0.4 is 15.4 Å². The van der Waals surface area contributed by atoms with Crippen LogP contribution in [0.2, 0.25) is 10.0 Å². The highest BCUT2D eigenvalue weighted by Crippen LogP contribution is 2.31. The molecule has 32 heavy (non-hydrogen) atoms. The maximum absolute atomic E-state index is 12.2. The van der Waals surface area contributed by atoms with Crippen molar-refractivity contribution in [1.82, 2.24) is 15.2 Å². The Morgan fingerprint density at radius 3 is 2.75 bits per heavy atom. The molecule has 10 heteroatoms. The molecule has 170 valence electrons. The monoisotopic (exact) mass is 494 g/mol. The van der Waals surface area contributed by atoms with Crippen molar-refractivity contribution in [2.45, 2.75) is 13.0 Å². The van der Waals surface area contributed by atoms with E-state index in [-0.39, 0.29) is 12.6 Å². The van der Waals surface area contributed by atoms with Gasteiger partial charge < -0.3 is 14.8 Å². The van der Waals surface area contributed by atoms with E-state index in [2.05, 4.69) is 20.5 Å². The average Bonchev–Trinajstić information content (AvgIpc) is 3.18. The summed E-state index contributed by atoms with van der Waals surface area (Å²) in [4.78, 5) is 19.0. The van der Waals surface area contributed by atoms with Crippen LogP contribution in [0.1, 0.15) is 12.0 Å². The van der Waals surface area contributed by atoms with E-state index in [1.54, 1.807) is 18.2 Å². The molecule has 2 heterocycles. The number of nitrogens with zero attached hydrogens (tertiary/aromatic N) is 2. The summed E-state index contributed by atoms with van der Waals surface area (Å²) in [5, 5.41) is 7.37. The molecule has 0 spiro atoms. The summed E-state index contributed by atoms with van der Waals surface area (Å²) in [6.45, 7) is 5.30. The van der Waals surface area contributed by atoms with Crippen molar-refractivity contribution in [3.63, 3.8) is 0 Å². The third-order valence-corrected chi connectivity index (χ3v) is 6.71. The number of carbonyl (C=O) groups excluding carboxylic acids is 1. The number of nitrogens with one attached hydrogen (secondary N) is 2. The fraction of sp³-hybridized carbons (Fsp3) is 0.364. The third-order valence-electron chi connectivity index (χ3n) is 5.07. The normalized spacial score (nSPS) is 14.4. The standard InChI is InChI=1S/C22H24Cl2N4O3S/c23-17-3-1-4-18(24)16(17)14-31-15-5-6-19-20(13-15)32-22(26-19)27-21(29)25-7-2-8-28-9-11-30-12-10-28/h1,3-6,13H,2,7-12,14H2,(H2,25,26,27,29). The van der Waals surface area contributed by atoms with Crippen molar-refractivity contribution in [3.05, 3.63) is 52.0 Å². The first-order valence-corrected chi connectivity index (χ1v) is 12.0. The summed E-state index contributed by atoms with van der Waals surface area (Å²) in [6.07, 6.45) is 0.892. The number of thiazole rings is 1. The topological polar surface area (TPSA) is 75.7 Å². The van der Waals surface area contributed by atoms with E-state index in [0.29, 0.717) is 27.5 Å². The zero-order chi connectivity index (χ0) is 22.3. The Kier molecular flexibility index (Phi) is 8.05. The van der Waals surface area contributed by atoms with Crippen LogP contribution in [0.3, 0.4) is 0 Å². The Labute approximate surface area is 200 Å². The fourth-order valence-corrected chi connectivity index (χ4v) is 4.74. The lowest BCUT2D eigenvalue weighted by atomic mass is 10.2. The fourth-order valence-electron chi connectivity index (χ4n) is 3.34. The number of ether oxygens (including phenoxy) is 2. The van der Waals surface area contributed by atoms with Gasteiger partial charge in [0, 0.05) is 35.2 Å². The molecule has 0 aliphatic carbocycles. The number of benzene rings is 2. The predicted molar refractivity (Wildman–Crippen MR) is 129 cm³/mol. The van der Waals surface area contributed by atoms with E-state index < -0.39 is 0 Å². The van der Waals surface area contributed by atoms with E-state index >= 15 is 0 Å². The van der Waals surface area contributed by atoms with Crippen LogP contribution >= 0.6 is 34.5 Å². The third kappa shape index (κ3) is 6.24. The smallest absolute Gasteiger partial charge is 0.321 e. The molecule has 0 radical (unpaired) electrons. The molecular weight excluding hydrogens is 471 g/mol. The molecule has 3 aromatic rings. The lowest BCUT2D eigenvalue weighted by Crippen LogP contribution is -2.38. The highest BCUT2D eigenvalue weighted by molar-refractivity contribution is 7.22. The molecule has 1 aliphatic heterocycles. The van der Waals surface area contributed by atoms with Gasteiger partial charge in [0.2, 0.25) is 0 Å². The van der Waals surface area contributed by atoms with Crippen LogP contribution in [-0.4, -0.2) is 55.3 Å². The number of aromatic nitrogens is 1. The van der Waals surface area contributed by atoms with Gasteiger partial charge in [0.25, 0.3) is 0 Å². The number of amides is 2. The second kappa shape index (κ2) is 11.2. The number of urea groups is 1. The molecule has 1 aliphatic rings. The molecular formula is C22H24Cl2N4O3S. The first kappa shape index (κ1) is 23.1. The van der Waals surface area contributed by atoms with Gasteiger partial charge in [-0.3, -0.25) is 10.2 Å². The number of fused-ring (bicyclic) bond motifs is 1. The molecule has 1 fully saturated rings. The van der Waals surface area contributed by atoms with Gasteiger partial charge in [-0.05, 0) is 43.3 Å². The highest BCUT2D eigenvalue weighted by Gasteiger charge is 2.12. The van der Waals surface area contributed by atoms with E-state index in [0.717, 1.165) is 55.0 Å². The summed E-state index contributed by atoms with van der Waals surface area (Å²) in [6, 6.07) is 10.7. The first-order chi connectivity index (χ1) is 15.6. The molecule has 1 saturated heterocycles. The number of halogens is 2. The Bertz CT molecular complexity index is 1050. The largest absolute Gasteiger partial charge is 0.489 e. The number of hydrogen-bond donors (Lipinski definition) is 2. The zero-order valence-electron chi connectivity index (χ0n) is 17.4. The van der Waals surface area contributed by atoms with Gasteiger partial charge in [-0.15, -0.1) is 0 Å². The maximum Gasteiger partial charge on any atom is 0.321 e. The van der Waals surface area contributed by atoms with Crippen molar-refractivity contribution in [1.29, 1.82) is 0 Å². The molecule has 0 saturated carbocycles.